The first kappa shape index (κ1) is 14.8. The van der Waals surface area contributed by atoms with Crippen LogP contribution in [0.3, 0.4) is 0 Å². The van der Waals surface area contributed by atoms with E-state index in [0.29, 0.717) is 22.2 Å². The van der Waals surface area contributed by atoms with E-state index >= 15 is 0 Å². The van der Waals surface area contributed by atoms with Crippen molar-refractivity contribution in [3.8, 4) is 0 Å². The molecule has 0 amide bonds. The molecule has 2 rings (SSSR count). The number of benzene rings is 1. The summed E-state index contributed by atoms with van der Waals surface area (Å²) in [7, 11) is 0. The molecule has 1 aromatic heterocycles. The SMILES string of the molecule is NNc1ccc([N+](=O)[O-])cc1CSc1nc(N)cc(N)n1. The second kappa shape index (κ2) is 6.24. The van der Waals surface area contributed by atoms with Gasteiger partial charge in [-0.15, -0.1) is 0 Å². The molecule has 0 fully saturated rings. The third-order valence-electron chi connectivity index (χ3n) is 2.56. The van der Waals surface area contributed by atoms with Crippen molar-refractivity contribution < 1.29 is 4.92 Å². The van der Waals surface area contributed by atoms with Crippen molar-refractivity contribution in [3.63, 3.8) is 0 Å². The van der Waals surface area contributed by atoms with E-state index in [-0.39, 0.29) is 17.3 Å². The van der Waals surface area contributed by atoms with Gasteiger partial charge in [0.25, 0.3) is 5.69 Å². The van der Waals surface area contributed by atoms with Crippen LogP contribution in [-0.4, -0.2) is 14.9 Å². The zero-order chi connectivity index (χ0) is 15.4. The van der Waals surface area contributed by atoms with Gasteiger partial charge in [-0.05, 0) is 11.6 Å². The average Bonchev–Trinajstić information content (AvgIpc) is 2.43. The minimum atomic E-state index is -0.469. The van der Waals surface area contributed by atoms with Crippen LogP contribution in [0.15, 0.2) is 29.4 Å². The number of nitrogens with zero attached hydrogens (tertiary/aromatic N) is 3. The van der Waals surface area contributed by atoms with Gasteiger partial charge in [0.1, 0.15) is 11.6 Å². The van der Waals surface area contributed by atoms with Crippen molar-refractivity contribution in [3.05, 3.63) is 39.9 Å². The fraction of sp³-hybridized carbons (Fsp3) is 0.0909. The number of nitrogens with one attached hydrogen (secondary N) is 1. The maximum absolute atomic E-state index is 10.8. The number of nitrogen functional groups attached to an aromatic ring is 3. The molecular weight excluding hydrogens is 294 g/mol. The molecule has 2 aromatic rings. The van der Waals surface area contributed by atoms with E-state index in [1.54, 1.807) is 6.07 Å². The van der Waals surface area contributed by atoms with Crippen molar-refractivity contribution in [2.24, 2.45) is 5.84 Å². The van der Waals surface area contributed by atoms with E-state index in [9.17, 15) is 10.1 Å². The van der Waals surface area contributed by atoms with Gasteiger partial charge in [0, 0.05) is 24.0 Å². The predicted octanol–water partition coefficient (Wildman–Crippen LogP) is 1.13. The third-order valence-corrected chi connectivity index (χ3v) is 3.45. The number of hydrazine groups is 1. The lowest BCUT2D eigenvalue weighted by Gasteiger charge is -2.08. The predicted molar refractivity (Wildman–Crippen MR) is 81.3 cm³/mol. The van der Waals surface area contributed by atoms with Crippen LogP contribution < -0.4 is 22.7 Å². The second-order valence-corrected chi connectivity index (χ2v) is 4.97. The standard InChI is InChI=1S/C11H13N7O2S/c12-9-4-10(13)16-11(15-9)21-5-6-3-7(18(19)20)1-2-8(6)17-14/h1-4,17H,5,14H2,(H4,12,13,15,16). The molecule has 0 saturated heterocycles. The number of hydrogen-bond acceptors (Lipinski definition) is 9. The highest BCUT2D eigenvalue weighted by atomic mass is 32.2. The highest BCUT2D eigenvalue weighted by molar-refractivity contribution is 7.98. The summed E-state index contributed by atoms with van der Waals surface area (Å²) >= 11 is 1.25. The zero-order valence-electron chi connectivity index (χ0n) is 10.8. The van der Waals surface area contributed by atoms with Crippen LogP contribution in [0, 0.1) is 10.1 Å². The number of non-ortho nitro benzene ring substituents is 1. The Morgan fingerprint density at radius 2 is 1.90 bits per heavy atom. The van der Waals surface area contributed by atoms with E-state index in [1.807, 2.05) is 0 Å². The van der Waals surface area contributed by atoms with Gasteiger partial charge >= 0.3 is 0 Å². The van der Waals surface area contributed by atoms with Gasteiger partial charge in [0.15, 0.2) is 5.16 Å². The lowest BCUT2D eigenvalue weighted by Crippen LogP contribution is -2.09. The molecule has 7 N–H and O–H groups in total. The third kappa shape index (κ3) is 3.70. The molecule has 1 heterocycles. The molecule has 9 nitrogen and oxygen atoms in total. The molecule has 0 radical (unpaired) electrons. The number of anilines is 3. The van der Waals surface area contributed by atoms with Crippen molar-refractivity contribution in [2.75, 3.05) is 16.9 Å². The van der Waals surface area contributed by atoms with Crippen LogP contribution in [-0.2, 0) is 5.75 Å². The molecule has 110 valence electrons. The quantitative estimate of drug-likeness (QED) is 0.209. The van der Waals surface area contributed by atoms with Gasteiger partial charge in [-0.25, -0.2) is 9.97 Å². The highest BCUT2D eigenvalue weighted by Gasteiger charge is 2.11. The minimum absolute atomic E-state index is 0.0161. The Labute approximate surface area is 124 Å². The van der Waals surface area contributed by atoms with Crippen molar-refractivity contribution in [1.29, 1.82) is 0 Å². The molecule has 10 heteroatoms. The van der Waals surface area contributed by atoms with Gasteiger partial charge in [0.05, 0.1) is 10.6 Å². The molecule has 0 spiro atoms. The first-order valence-corrected chi connectivity index (χ1v) is 6.75. The van der Waals surface area contributed by atoms with Gasteiger partial charge in [-0.3, -0.25) is 16.0 Å². The fourth-order valence-corrected chi connectivity index (χ4v) is 2.49. The Morgan fingerprint density at radius 1 is 1.24 bits per heavy atom. The summed E-state index contributed by atoms with van der Waals surface area (Å²) in [5, 5.41) is 11.2. The number of aromatic nitrogens is 2. The number of rotatable bonds is 5. The minimum Gasteiger partial charge on any atom is -0.383 e. The first-order chi connectivity index (χ1) is 9.99. The Morgan fingerprint density at radius 3 is 2.48 bits per heavy atom. The molecule has 0 aliphatic heterocycles. The topological polar surface area (TPSA) is 159 Å². The van der Waals surface area contributed by atoms with Crippen molar-refractivity contribution in [2.45, 2.75) is 10.9 Å². The Kier molecular flexibility index (Phi) is 4.40. The van der Waals surface area contributed by atoms with Gasteiger partial charge < -0.3 is 16.9 Å². The van der Waals surface area contributed by atoms with E-state index < -0.39 is 4.92 Å². The van der Waals surface area contributed by atoms with Gasteiger partial charge in [-0.2, -0.15) is 0 Å². The Balaban J connectivity index is 2.21. The van der Waals surface area contributed by atoms with Gasteiger partial charge in [0.2, 0.25) is 0 Å². The molecule has 1 aromatic carbocycles. The first-order valence-electron chi connectivity index (χ1n) is 5.76. The summed E-state index contributed by atoms with van der Waals surface area (Å²) in [6, 6.07) is 5.81. The Hall–Kier alpha value is -2.59. The molecule has 0 atom stereocenters. The number of thioether (sulfide) groups is 1. The van der Waals surface area contributed by atoms with E-state index in [2.05, 4.69) is 15.4 Å². The van der Waals surface area contributed by atoms with Crippen LogP contribution in [0.25, 0.3) is 0 Å². The van der Waals surface area contributed by atoms with Crippen LogP contribution in [0.2, 0.25) is 0 Å². The maximum atomic E-state index is 10.8. The van der Waals surface area contributed by atoms with Crippen LogP contribution in [0.1, 0.15) is 5.56 Å². The molecule has 0 bridgehead atoms. The molecule has 0 aliphatic carbocycles. The number of hydrogen-bond donors (Lipinski definition) is 4. The summed E-state index contributed by atoms with van der Waals surface area (Å²) in [6.45, 7) is 0. The summed E-state index contributed by atoms with van der Waals surface area (Å²) in [5.41, 5.74) is 14.9. The normalized spacial score (nSPS) is 10.3. The van der Waals surface area contributed by atoms with Crippen LogP contribution >= 0.6 is 11.8 Å². The number of nitro benzene ring substituents is 1. The molecule has 0 unspecified atom stereocenters. The molecule has 0 aliphatic rings. The summed E-state index contributed by atoms with van der Waals surface area (Å²) in [6.07, 6.45) is 0. The average molecular weight is 307 g/mol. The van der Waals surface area contributed by atoms with Crippen LogP contribution in [0.5, 0.6) is 0 Å². The summed E-state index contributed by atoms with van der Waals surface area (Å²) < 4.78 is 0. The lowest BCUT2D eigenvalue weighted by atomic mass is 10.2. The van der Waals surface area contributed by atoms with Crippen molar-refractivity contribution in [1.82, 2.24) is 9.97 Å². The maximum Gasteiger partial charge on any atom is 0.269 e. The van der Waals surface area contributed by atoms with Crippen molar-refractivity contribution >= 4 is 34.8 Å². The largest absolute Gasteiger partial charge is 0.383 e. The second-order valence-electron chi connectivity index (χ2n) is 4.03. The smallest absolute Gasteiger partial charge is 0.269 e. The Bertz CT molecular complexity index is 659. The molecule has 21 heavy (non-hydrogen) atoms. The monoisotopic (exact) mass is 307 g/mol. The van der Waals surface area contributed by atoms with Gasteiger partial charge in [-0.1, -0.05) is 11.8 Å². The fourth-order valence-electron chi connectivity index (χ4n) is 1.62. The lowest BCUT2D eigenvalue weighted by molar-refractivity contribution is -0.384. The zero-order valence-corrected chi connectivity index (χ0v) is 11.6. The number of nitro groups is 1. The number of nitrogens with two attached hydrogens (primary N) is 3. The van der Waals surface area contributed by atoms with Crippen LogP contribution in [0.4, 0.5) is 23.0 Å². The molecular formula is C11H13N7O2S. The summed E-state index contributed by atoms with van der Waals surface area (Å²) in [5.74, 6) is 6.30. The summed E-state index contributed by atoms with van der Waals surface area (Å²) in [4.78, 5) is 18.4. The van der Waals surface area contributed by atoms with E-state index in [0.717, 1.165) is 0 Å². The molecule has 0 saturated carbocycles. The van der Waals surface area contributed by atoms with E-state index in [1.165, 1.54) is 30.0 Å². The van der Waals surface area contributed by atoms with E-state index in [4.69, 9.17) is 17.3 Å². The highest BCUT2D eigenvalue weighted by Crippen LogP contribution is 2.28.